The highest BCUT2D eigenvalue weighted by Crippen LogP contribution is 2.22. The Morgan fingerprint density at radius 1 is 1.64 bits per heavy atom. The molecule has 4 heteroatoms. The van der Waals surface area contributed by atoms with Gasteiger partial charge in [0.1, 0.15) is 5.15 Å². The fourth-order valence-corrected chi connectivity index (χ4v) is 2.78. The summed E-state index contributed by atoms with van der Waals surface area (Å²) >= 11 is 7.85. The highest BCUT2D eigenvalue weighted by molar-refractivity contribution is 7.99. The minimum Gasteiger partial charge on any atom is -0.380 e. The lowest BCUT2D eigenvalue weighted by Gasteiger charge is -2.12. The van der Waals surface area contributed by atoms with Gasteiger partial charge >= 0.3 is 0 Å². The Kier molecular flexibility index (Phi) is 3.19. The largest absolute Gasteiger partial charge is 0.380 e. The first-order valence-electron chi connectivity index (χ1n) is 4.72. The van der Waals surface area contributed by atoms with Gasteiger partial charge in [-0.25, -0.2) is 4.98 Å². The van der Waals surface area contributed by atoms with Crippen molar-refractivity contribution in [1.82, 2.24) is 4.98 Å². The maximum absolute atomic E-state index is 5.85. The minimum absolute atomic E-state index is 0.594. The second-order valence-corrected chi connectivity index (χ2v) is 5.04. The average molecular weight is 229 g/mol. The van der Waals surface area contributed by atoms with E-state index in [2.05, 4.69) is 16.4 Å². The summed E-state index contributed by atoms with van der Waals surface area (Å²) in [4.78, 5) is 4.12. The lowest BCUT2D eigenvalue weighted by Crippen LogP contribution is -2.18. The van der Waals surface area contributed by atoms with Crippen molar-refractivity contribution >= 4 is 29.1 Å². The molecule has 0 aromatic carbocycles. The summed E-state index contributed by atoms with van der Waals surface area (Å²) in [5, 5.41) is 4.06. The SMILES string of the molecule is Cc1cc(NC2CCSC2)cnc1Cl. The molecule has 0 spiro atoms. The van der Waals surface area contributed by atoms with Crippen LogP contribution in [0.25, 0.3) is 0 Å². The van der Waals surface area contributed by atoms with E-state index in [-0.39, 0.29) is 0 Å². The van der Waals surface area contributed by atoms with Gasteiger partial charge in [0.2, 0.25) is 0 Å². The highest BCUT2D eigenvalue weighted by atomic mass is 35.5. The summed E-state index contributed by atoms with van der Waals surface area (Å²) in [5.74, 6) is 2.46. The third-order valence-corrected chi connectivity index (χ3v) is 3.87. The van der Waals surface area contributed by atoms with Crippen LogP contribution in [0.15, 0.2) is 12.3 Å². The van der Waals surface area contributed by atoms with E-state index in [1.807, 2.05) is 18.7 Å². The van der Waals surface area contributed by atoms with Gasteiger partial charge in [-0.3, -0.25) is 0 Å². The van der Waals surface area contributed by atoms with Crippen LogP contribution in [0.1, 0.15) is 12.0 Å². The quantitative estimate of drug-likeness (QED) is 0.788. The van der Waals surface area contributed by atoms with Gasteiger partial charge in [-0.1, -0.05) is 11.6 Å². The van der Waals surface area contributed by atoms with E-state index in [0.29, 0.717) is 11.2 Å². The molecule has 1 aliphatic heterocycles. The van der Waals surface area contributed by atoms with Crippen molar-refractivity contribution in [3.05, 3.63) is 23.0 Å². The maximum atomic E-state index is 5.85. The van der Waals surface area contributed by atoms with Crippen LogP contribution in [0.3, 0.4) is 0 Å². The van der Waals surface area contributed by atoms with E-state index in [1.165, 1.54) is 17.9 Å². The van der Waals surface area contributed by atoms with Crippen molar-refractivity contribution in [2.45, 2.75) is 19.4 Å². The van der Waals surface area contributed by atoms with Gasteiger partial charge in [-0.05, 0) is 30.7 Å². The molecule has 0 amide bonds. The summed E-state index contributed by atoms with van der Waals surface area (Å²) in [6.45, 7) is 1.98. The van der Waals surface area contributed by atoms with Gasteiger partial charge in [-0.15, -0.1) is 0 Å². The van der Waals surface area contributed by atoms with E-state index >= 15 is 0 Å². The van der Waals surface area contributed by atoms with Gasteiger partial charge in [0.05, 0.1) is 11.9 Å². The van der Waals surface area contributed by atoms with E-state index < -0.39 is 0 Å². The van der Waals surface area contributed by atoms with Crippen LogP contribution in [0.4, 0.5) is 5.69 Å². The number of rotatable bonds is 2. The third kappa shape index (κ3) is 2.34. The first-order chi connectivity index (χ1) is 6.75. The van der Waals surface area contributed by atoms with Crippen molar-refractivity contribution in [3.63, 3.8) is 0 Å². The molecule has 1 saturated heterocycles. The number of aryl methyl sites for hydroxylation is 1. The lowest BCUT2D eigenvalue weighted by molar-refractivity contribution is 0.812. The van der Waals surface area contributed by atoms with Crippen LogP contribution < -0.4 is 5.32 Å². The molecule has 1 aliphatic rings. The molecule has 2 heterocycles. The maximum Gasteiger partial charge on any atom is 0.132 e. The van der Waals surface area contributed by atoms with Crippen LogP contribution >= 0.6 is 23.4 Å². The zero-order valence-electron chi connectivity index (χ0n) is 8.09. The monoisotopic (exact) mass is 228 g/mol. The minimum atomic E-state index is 0.594. The van der Waals surface area contributed by atoms with Gasteiger partial charge < -0.3 is 5.32 Å². The Balaban J connectivity index is 2.05. The fraction of sp³-hybridized carbons (Fsp3) is 0.500. The molecule has 1 aromatic heterocycles. The third-order valence-electron chi connectivity index (χ3n) is 2.31. The highest BCUT2D eigenvalue weighted by Gasteiger charge is 2.15. The van der Waals surface area contributed by atoms with Crippen molar-refractivity contribution in [3.8, 4) is 0 Å². The summed E-state index contributed by atoms with van der Waals surface area (Å²) < 4.78 is 0. The van der Waals surface area contributed by atoms with E-state index in [9.17, 15) is 0 Å². The van der Waals surface area contributed by atoms with Gasteiger partial charge in [0.15, 0.2) is 0 Å². The number of hydrogen-bond donors (Lipinski definition) is 1. The number of anilines is 1. The molecular weight excluding hydrogens is 216 g/mol. The molecule has 76 valence electrons. The number of thioether (sulfide) groups is 1. The molecule has 1 fully saturated rings. The second-order valence-electron chi connectivity index (χ2n) is 3.54. The van der Waals surface area contributed by atoms with E-state index in [1.54, 1.807) is 6.20 Å². The van der Waals surface area contributed by atoms with Crippen LogP contribution in [0.5, 0.6) is 0 Å². The summed E-state index contributed by atoms with van der Waals surface area (Å²) in [7, 11) is 0. The van der Waals surface area contributed by atoms with Crippen molar-refractivity contribution in [1.29, 1.82) is 0 Å². The smallest absolute Gasteiger partial charge is 0.132 e. The Bertz CT molecular complexity index is 324. The molecule has 1 N–H and O–H groups in total. The normalized spacial score (nSPS) is 21.1. The zero-order valence-corrected chi connectivity index (χ0v) is 9.66. The van der Waals surface area contributed by atoms with Crippen molar-refractivity contribution in [2.24, 2.45) is 0 Å². The Morgan fingerprint density at radius 2 is 2.50 bits per heavy atom. The Hall–Kier alpha value is -0.410. The number of pyridine rings is 1. The Labute approximate surface area is 93.4 Å². The molecule has 2 rings (SSSR count). The zero-order chi connectivity index (χ0) is 9.97. The van der Waals surface area contributed by atoms with E-state index in [4.69, 9.17) is 11.6 Å². The van der Waals surface area contributed by atoms with Gasteiger partial charge in [0, 0.05) is 11.8 Å². The molecule has 0 bridgehead atoms. The van der Waals surface area contributed by atoms with Crippen LogP contribution in [0.2, 0.25) is 5.15 Å². The first-order valence-corrected chi connectivity index (χ1v) is 6.25. The van der Waals surface area contributed by atoms with Crippen molar-refractivity contribution in [2.75, 3.05) is 16.8 Å². The predicted molar refractivity (Wildman–Crippen MR) is 63.3 cm³/mol. The topological polar surface area (TPSA) is 24.9 Å². The molecule has 1 aromatic rings. The van der Waals surface area contributed by atoms with Gasteiger partial charge in [0.25, 0.3) is 0 Å². The van der Waals surface area contributed by atoms with E-state index in [0.717, 1.165) is 11.3 Å². The number of halogens is 1. The van der Waals surface area contributed by atoms with Crippen molar-refractivity contribution < 1.29 is 0 Å². The molecule has 0 aliphatic carbocycles. The molecule has 2 nitrogen and oxygen atoms in total. The lowest BCUT2D eigenvalue weighted by atomic mass is 10.2. The number of aromatic nitrogens is 1. The number of nitrogens with one attached hydrogen (secondary N) is 1. The summed E-state index contributed by atoms with van der Waals surface area (Å²) in [6.07, 6.45) is 3.05. The van der Waals surface area contributed by atoms with Gasteiger partial charge in [-0.2, -0.15) is 11.8 Å². The first kappa shape index (κ1) is 10.1. The van der Waals surface area contributed by atoms with Crippen LogP contribution in [-0.2, 0) is 0 Å². The molecule has 1 atom stereocenters. The number of nitrogens with zero attached hydrogens (tertiary/aromatic N) is 1. The summed E-state index contributed by atoms with van der Waals surface area (Å²) in [6, 6.07) is 2.65. The average Bonchev–Trinajstić information content (AvgIpc) is 2.64. The number of hydrogen-bond acceptors (Lipinski definition) is 3. The predicted octanol–water partition coefficient (Wildman–Crippen LogP) is 2.96. The molecule has 0 saturated carbocycles. The Morgan fingerprint density at radius 3 is 3.14 bits per heavy atom. The molecule has 1 unspecified atom stereocenters. The standard InChI is InChI=1S/C10H13ClN2S/c1-7-4-9(5-12-10(7)11)13-8-2-3-14-6-8/h4-5,8,13H,2-3,6H2,1H3. The van der Waals surface area contributed by atoms with Crippen LogP contribution in [0, 0.1) is 6.92 Å². The van der Waals surface area contributed by atoms with Crippen LogP contribution in [-0.4, -0.2) is 22.5 Å². The molecular formula is C10H13ClN2S. The molecule has 14 heavy (non-hydrogen) atoms. The second kappa shape index (κ2) is 4.41. The fourth-order valence-electron chi connectivity index (χ4n) is 1.52. The molecule has 0 radical (unpaired) electrons. The summed E-state index contributed by atoms with van der Waals surface area (Å²) in [5.41, 5.74) is 2.11.